The summed E-state index contributed by atoms with van der Waals surface area (Å²) in [6.45, 7) is -1.29. The molecule has 0 radical (unpaired) electrons. The quantitative estimate of drug-likeness (QED) is 0.809. The molecule has 8 heteroatoms. The summed E-state index contributed by atoms with van der Waals surface area (Å²) in [4.78, 5) is 24.4. The molecule has 3 rings (SSSR count). The molecule has 2 aromatic rings. The van der Waals surface area contributed by atoms with E-state index in [4.69, 9.17) is 4.42 Å². The SMILES string of the molecule is CC(NC(=O)c1ccco1)C(=O)NC1CCCc2cc(OC(F)F)ccc21. The van der Waals surface area contributed by atoms with Gasteiger partial charge in [-0.25, -0.2) is 0 Å². The average molecular weight is 378 g/mol. The number of hydrogen-bond acceptors (Lipinski definition) is 4. The first-order valence-corrected chi connectivity index (χ1v) is 8.66. The fourth-order valence-electron chi connectivity index (χ4n) is 3.15. The van der Waals surface area contributed by atoms with Crippen molar-refractivity contribution in [1.82, 2.24) is 10.6 Å². The van der Waals surface area contributed by atoms with E-state index in [1.54, 1.807) is 25.1 Å². The van der Waals surface area contributed by atoms with Gasteiger partial charge >= 0.3 is 6.61 Å². The molecule has 2 N–H and O–H groups in total. The number of hydrogen-bond donors (Lipinski definition) is 2. The van der Waals surface area contributed by atoms with Gasteiger partial charge in [0.2, 0.25) is 5.91 Å². The number of alkyl halides is 2. The molecule has 1 aliphatic rings. The topological polar surface area (TPSA) is 80.6 Å². The van der Waals surface area contributed by atoms with Gasteiger partial charge in [0.15, 0.2) is 5.76 Å². The van der Waals surface area contributed by atoms with E-state index in [0.717, 1.165) is 30.4 Å². The molecule has 2 amide bonds. The third kappa shape index (κ3) is 4.64. The lowest BCUT2D eigenvalue weighted by Gasteiger charge is -2.28. The standard InChI is InChI=1S/C19H20F2N2O4/c1-11(22-18(25)16-6-3-9-26-16)17(24)23-15-5-2-4-12-10-13(27-19(20)21)7-8-14(12)15/h3,6-11,15,19H,2,4-5H2,1H3,(H,22,25)(H,23,24). The Kier molecular flexibility index (Phi) is 5.73. The van der Waals surface area contributed by atoms with E-state index in [2.05, 4.69) is 15.4 Å². The molecule has 0 aliphatic heterocycles. The molecule has 144 valence electrons. The van der Waals surface area contributed by atoms with Crippen molar-refractivity contribution in [3.05, 3.63) is 53.5 Å². The second kappa shape index (κ2) is 8.20. The van der Waals surface area contributed by atoms with Gasteiger partial charge in [0.25, 0.3) is 5.91 Å². The van der Waals surface area contributed by atoms with Gasteiger partial charge in [-0.15, -0.1) is 0 Å². The predicted octanol–water partition coefficient (Wildman–Crippen LogP) is 3.19. The number of amides is 2. The number of furan rings is 1. The highest BCUT2D eigenvalue weighted by molar-refractivity contribution is 5.95. The minimum Gasteiger partial charge on any atom is -0.459 e. The average Bonchev–Trinajstić information content (AvgIpc) is 3.16. The second-order valence-electron chi connectivity index (χ2n) is 6.36. The van der Waals surface area contributed by atoms with E-state index in [1.807, 2.05) is 0 Å². The lowest BCUT2D eigenvalue weighted by Crippen LogP contribution is -2.46. The minimum atomic E-state index is -2.87. The van der Waals surface area contributed by atoms with Gasteiger partial charge in [-0.2, -0.15) is 8.78 Å². The van der Waals surface area contributed by atoms with Crippen molar-refractivity contribution in [2.75, 3.05) is 0 Å². The molecule has 1 heterocycles. The van der Waals surface area contributed by atoms with E-state index in [-0.39, 0.29) is 23.5 Å². The zero-order valence-corrected chi connectivity index (χ0v) is 14.7. The molecule has 1 aliphatic carbocycles. The van der Waals surface area contributed by atoms with Crippen LogP contribution in [0.3, 0.4) is 0 Å². The van der Waals surface area contributed by atoms with Crippen molar-refractivity contribution in [2.24, 2.45) is 0 Å². The Bertz CT molecular complexity index is 808. The molecule has 0 fully saturated rings. The van der Waals surface area contributed by atoms with Crippen molar-refractivity contribution in [3.8, 4) is 5.75 Å². The van der Waals surface area contributed by atoms with Crippen molar-refractivity contribution >= 4 is 11.8 Å². The Morgan fingerprint density at radius 3 is 2.81 bits per heavy atom. The van der Waals surface area contributed by atoms with Crippen molar-refractivity contribution < 1.29 is 27.5 Å². The summed E-state index contributed by atoms with van der Waals surface area (Å²) >= 11 is 0. The highest BCUT2D eigenvalue weighted by Crippen LogP contribution is 2.32. The molecule has 0 spiro atoms. The Morgan fingerprint density at radius 2 is 2.11 bits per heavy atom. The predicted molar refractivity (Wildman–Crippen MR) is 92.5 cm³/mol. The fourth-order valence-corrected chi connectivity index (χ4v) is 3.15. The van der Waals surface area contributed by atoms with Crippen LogP contribution < -0.4 is 15.4 Å². The van der Waals surface area contributed by atoms with Crippen molar-refractivity contribution in [2.45, 2.75) is 44.9 Å². The molecule has 1 aromatic carbocycles. The Balaban J connectivity index is 1.64. The highest BCUT2D eigenvalue weighted by Gasteiger charge is 2.25. The molecule has 27 heavy (non-hydrogen) atoms. The second-order valence-corrected chi connectivity index (χ2v) is 6.36. The number of nitrogens with one attached hydrogen (secondary N) is 2. The van der Waals surface area contributed by atoms with Crippen LogP contribution in [0.2, 0.25) is 0 Å². The van der Waals surface area contributed by atoms with Gasteiger partial charge in [0.05, 0.1) is 12.3 Å². The van der Waals surface area contributed by atoms with Crippen LogP contribution in [0.5, 0.6) is 5.75 Å². The van der Waals surface area contributed by atoms with Crippen LogP contribution in [-0.4, -0.2) is 24.5 Å². The summed E-state index contributed by atoms with van der Waals surface area (Å²) in [5, 5.41) is 5.49. The number of benzene rings is 1. The molecule has 6 nitrogen and oxygen atoms in total. The van der Waals surface area contributed by atoms with Gasteiger partial charge in [-0.1, -0.05) is 6.07 Å². The number of carbonyl (C=O) groups is 2. The maximum atomic E-state index is 12.5. The summed E-state index contributed by atoms with van der Waals surface area (Å²) in [6.07, 6.45) is 3.65. The van der Waals surface area contributed by atoms with Gasteiger partial charge in [0, 0.05) is 0 Å². The monoisotopic (exact) mass is 378 g/mol. The van der Waals surface area contributed by atoms with Crippen LogP contribution in [0.25, 0.3) is 0 Å². The molecule has 0 saturated carbocycles. The first-order chi connectivity index (χ1) is 12.9. The van der Waals surface area contributed by atoms with Crippen LogP contribution >= 0.6 is 0 Å². The largest absolute Gasteiger partial charge is 0.459 e. The number of halogens is 2. The molecule has 2 unspecified atom stereocenters. The molecule has 0 saturated heterocycles. The lowest BCUT2D eigenvalue weighted by molar-refractivity contribution is -0.123. The summed E-state index contributed by atoms with van der Waals surface area (Å²) in [7, 11) is 0. The molecule has 2 atom stereocenters. The van der Waals surface area contributed by atoms with E-state index in [0.29, 0.717) is 0 Å². The zero-order chi connectivity index (χ0) is 19.4. The Labute approximate surface area is 154 Å². The van der Waals surface area contributed by atoms with Gasteiger partial charge < -0.3 is 19.8 Å². The van der Waals surface area contributed by atoms with Crippen molar-refractivity contribution in [1.29, 1.82) is 0 Å². The zero-order valence-electron chi connectivity index (χ0n) is 14.7. The van der Waals surface area contributed by atoms with E-state index in [1.165, 1.54) is 18.4 Å². The molecule has 0 bridgehead atoms. The summed E-state index contributed by atoms with van der Waals surface area (Å²) in [5.41, 5.74) is 1.75. The Hall–Kier alpha value is -2.90. The van der Waals surface area contributed by atoms with Crippen LogP contribution in [-0.2, 0) is 11.2 Å². The van der Waals surface area contributed by atoms with Gasteiger partial charge in [0.1, 0.15) is 11.8 Å². The van der Waals surface area contributed by atoms with Gasteiger partial charge in [-0.05, 0) is 61.6 Å². The van der Waals surface area contributed by atoms with Crippen LogP contribution in [0, 0.1) is 0 Å². The normalized spacial score (nSPS) is 17.1. The number of aryl methyl sites for hydroxylation is 1. The third-order valence-electron chi connectivity index (χ3n) is 4.46. The highest BCUT2D eigenvalue weighted by atomic mass is 19.3. The van der Waals surface area contributed by atoms with Crippen molar-refractivity contribution in [3.63, 3.8) is 0 Å². The summed E-state index contributed by atoms with van der Waals surface area (Å²) in [5.74, 6) is -0.569. The maximum Gasteiger partial charge on any atom is 0.387 e. The lowest BCUT2D eigenvalue weighted by atomic mass is 9.87. The van der Waals surface area contributed by atoms with E-state index in [9.17, 15) is 18.4 Å². The van der Waals surface area contributed by atoms with E-state index >= 15 is 0 Å². The van der Waals surface area contributed by atoms with E-state index < -0.39 is 18.6 Å². The first-order valence-electron chi connectivity index (χ1n) is 8.66. The van der Waals surface area contributed by atoms with Gasteiger partial charge in [-0.3, -0.25) is 9.59 Å². The minimum absolute atomic E-state index is 0.106. The maximum absolute atomic E-state index is 12.5. The van der Waals surface area contributed by atoms with Crippen LogP contribution in [0.1, 0.15) is 47.5 Å². The number of ether oxygens (including phenoxy) is 1. The Morgan fingerprint density at radius 1 is 1.30 bits per heavy atom. The third-order valence-corrected chi connectivity index (χ3v) is 4.46. The number of carbonyl (C=O) groups excluding carboxylic acids is 2. The fraction of sp³-hybridized carbons (Fsp3) is 0.368. The first kappa shape index (κ1) is 18.9. The number of fused-ring (bicyclic) bond motifs is 1. The molecule has 1 aromatic heterocycles. The summed E-state index contributed by atoms with van der Waals surface area (Å²) < 4.78 is 34.2. The smallest absolute Gasteiger partial charge is 0.387 e. The number of rotatable bonds is 6. The van der Waals surface area contributed by atoms with Crippen LogP contribution in [0.15, 0.2) is 41.0 Å². The summed E-state index contributed by atoms with van der Waals surface area (Å²) in [6, 6.07) is 6.85. The molecular formula is C19H20F2N2O4. The molecular weight excluding hydrogens is 358 g/mol. The van der Waals surface area contributed by atoms with Crippen LogP contribution in [0.4, 0.5) is 8.78 Å².